The highest BCUT2D eigenvalue weighted by atomic mass is 32.1. The predicted molar refractivity (Wildman–Crippen MR) is 153 cm³/mol. The van der Waals surface area contributed by atoms with Crippen LogP contribution in [-0.4, -0.2) is 53.1 Å². The van der Waals surface area contributed by atoms with E-state index in [1.54, 1.807) is 17.4 Å². The van der Waals surface area contributed by atoms with Crippen LogP contribution in [0.3, 0.4) is 0 Å². The van der Waals surface area contributed by atoms with E-state index in [-0.39, 0.29) is 17.7 Å². The molecule has 0 unspecified atom stereocenters. The number of piperidine rings is 1. The van der Waals surface area contributed by atoms with Crippen LogP contribution >= 0.6 is 11.3 Å². The van der Waals surface area contributed by atoms with E-state index in [1.807, 2.05) is 78.9 Å². The lowest BCUT2D eigenvalue weighted by Gasteiger charge is -2.32. The monoisotopic (exact) mass is 541 g/mol. The van der Waals surface area contributed by atoms with E-state index < -0.39 is 6.10 Å². The first kappa shape index (κ1) is 26.6. The summed E-state index contributed by atoms with van der Waals surface area (Å²) in [4.78, 5) is 32.4. The van der Waals surface area contributed by atoms with Gasteiger partial charge in [0.15, 0.2) is 0 Å². The Balaban J connectivity index is 1.21. The molecule has 5 rings (SSSR count). The van der Waals surface area contributed by atoms with Crippen molar-refractivity contribution in [3.05, 3.63) is 101 Å². The quantitative estimate of drug-likeness (QED) is 0.313. The molecule has 1 saturated heterocycles. The Bertz CT molecular complexity index is 1420. The number of methoxy groups -OCH3 is 1. The highest BCUT2D eigenvalue weighted by molar-refractivity contribution is 7.10. The van der Waals surface area contributed by atoms with Gasteiger partial charge in [-0.2, -0.15) is 0 Å². The lowest BCUT2D eigenvalue weighted by molar-refractivity contribution is -0.141. The number of benzene rings is 3. The Labute approximate surface area is 232 Å². The van der Waals surface area contributed by atoms with Gasteiger partial charge in [0.05, 0.1) is 17.8 Å². The van der Waals surface area contributed by atoms with Crippen LogP contribution in [0.5, 0.6) is 5.75 Å². The number of aliphatic hydroxyl groups is 1. The molecule has 1 aliphatic rings. The Kier molecular flexibility index (Phi) is 8.34. The van der Waals surface area contributed by atoms with Gasteiger partial charge in [0, 0.05) is 42.4 Å². The maximum Gasteiger partial charge on any atom is 0.275 e. The van der Waals surface area contributed by atoms with E-state index in [4.69, 9.17) is 4.74 Å². The van der Waals surface area contributed by atoms with Gasteiger partial charge in [-0.3, -0.25) is 9.59 Å². The first-order valence-corrected chi connectivity index (χ1v) is 13.9. The largest absolute Gasteiger partial charge is 0.497 e. The summed E-state index contributed by atoms with van der Waals surface area (Å²) < 4.78 is 5.38. The molecule has 2 heterocycles. The normalized spacial score (nSPS) is 14.6. The van der Waals surface area contributed by atoms with Crippen molar-refractivity contribution in [2.75, 3.05) is 25.5 Å². The van der Waals surface area contributed by atoms with Gasteiger partial charge in [0.2, 0.25) is 0 Å². The van der Waals surface area contributed by atoms with E-state index >= 15 is 0 Å². The Morgan fingerprint density at radius 2 is 1.74 bits per heavy atom. The van der Waals surface area contributed by atoms with E-state index in [2.05, 4.69) is 10.3 Å². The molecule has 200 valence electrons. The van der Waals surface area contributed by atoms with Crippen LogP contribution in [0.4, 0.5) is 5.69 Å². The van der Waals surface area contributed by atoms with Crippen molar-refractivity contribution in [3.63, 3.8) is 0 Å². The summed E-state index contributed by atoms with van der Waals surface area (Å²) in [6, 6.07) is 25.0. The fourth-order valence-electron chi connectivity index (χ4n) is 4.87. The number of carbonyl (C=O) groups is 2. The minimum Gasteiger partial charge on any atom is -0.497 e. The topological polar surface area (TPSA) is 91.8 Å². The van der Waals surface area contributed by atoms with Gasteiger partial charge in [-0.15, -0.1) is 11.3 Å². The van der Waals surface area contributed by atoms with Gasteiger partial charge < -0.3 is 20.1 Å². The van der Waals surface area contributed by atoms with Gasteiger partial charge in [-0.25, -0.2) is 4.98 Å². The third-order valence-corrected chi connectivity index (χ3v) is 8.03. The van der Waals surface area contributed by atoms with Crippen LogP contribution in [0.2, 0.25) is 0 Å². The summed E-state index contributed by atoms with van der Waals surface area (Å²) in [5, 5.41) is 16.2. The molecule has 2 N–H and O–H groups in total. The number of aromatic nitrogens is 1. The fourth-order valence-corrected chi connectivity index (χ4v) is 5.84. The molecule has 1 aromatic heterocycles. The lowest BCUT2D eigenvalue weighted by atomic mass is 9.96. The lowest BCUT2D eigenvalue weighted by Crippen LogP contribution is -2.44. The molecule has 2 amide bonds. The van der Waals surface area contributed by atoms with Gasteiger partial charge >= 0.3 is 0 Å². The van der Waals surface area contributed by atoms with Crippen molar-refractivity contribution in [1.29, 1.82) is 0 Å². The number of rotatable bonds is 8. The fraction of sp³-hybridized carbons (Fsp3) is 0.258. The SMILES string of the molecule is COc1ccc(-c2ccccc2)c(NC(=O)c2csc(C3CCN(C(=O)[C@H](O)Cc4ccccc4)CC3)n2)c1. The van der Waals surface area contributed by atoms with Gasteiger partial charge in [-0.05, 0) is 36.1 Å². The molecule has 0 saturated carbocycles. The van der Waals surface area contributed by atoms with Gasteiger partial charge in [0.1, 0.15) is 17.5 Å². The Morgan fingerprint density at radius 1 is 1.05 bits per heavy atom. The number of hydrogen-bond donors (Lipinski definition) is 2. The van der Waals surface area contributed by atoms with Crippen molar-refractivity contribution in [1.82, 2.24) is 9.88 Å². The van der Waals surface area contributed by atoms with Crippen molar-refractivity contribution in [2.24, 2.45) is 0 Å². The first-order valence-electron chi connectivity index (χ1n) is 13.0. The van der Waals surface area contributed by atoms with Crippen LogP contribution in [-0.2, 0) is 11.2 Å². The van der Waals surface area contributed by atoms with E-state index in [9.17, 15) is 14.7 Å². The summed E-state index contributed by atoms with van der Waals surface area (Å²) >= 11 is 1.47. The second-order valence-corrected chi connectivity index (χ2v) is 10.5. The maximum atomic E-state index is 13.2. The molecule has 0 spiro atoms. The van der Waals surface area contributed by atoms with Crippen LogP contribution in [0.1, 0.15) is 39.8 Å². The molecule has 39 heavy (non-hydrogen) atoms. The molecule has 8 heteroatoms. The Hall–Kier alpha value is -4.01. The standard InChI is InChI=1S/C31H31N3O4S/c1-38-24-12-13-25(22-10-6-3-7-11-22)26(19-24)32-29(36)27-20-39-30(33-27)23-14-16-34(17-15-23)31(37)28(35)18-21-8-4-2-5-9-21/h2-13,19-20,23,28,35H,14-18H2,1H3,(H,32,36)/t28-/m1/s1. The van der Waals surface area contributed by atoms with Gasteiger partial charge in [0.25, 0.3) is 11.8 Å². The number of nitrogens with zero attached hydrogens (tertiary/aromatic N) is 2. The zero-order chi connectivity index (χ0) is 27.2. The number of amides is 2. The zero-order valence-corrected chi connectivity index (χ0v) is 22.6. The summed E-state index contributed by atoms with van der Waals surface area (Å²) in [5.41, 5.74) is 3.84. The first-order chi connectivity index (χ1) is 19.0. The highest BCUT2D eigenvalue weighted by Gasteiger charge is 2.29. The van der Waals surface area contributed by atoms with Crippen molar-refractivity contribution in [3.8, 4) is 16.9 Å². The average Bonchev–Trinajstić information content (AvgIpc) is 3.48. The minimum atomic E-state index is -1.04. The number of thiazole rings is 1. The zero-order valence-electron chi connectivity index (χ0n) is 21.7. The molecule has 1 fully saturated rings. The summed E-state index contributed by atoms with van der Waals surface area (Å²) in [6.07, 6.45) is 0.749. The summed E-state index contributed by atoms with van der Waals surface area (Å²) in [7, 11) is 1.60. The van der Waals surface area contributed by atoms with E-state index in [1.165, 1.54) is 11.3 Å². The number of ether oxygens (including phenoxy) is 1. The van der Waals surface area contributed by atoms with Crippen LogP contribution in [0.25, 0.3) is 11.1 Å². The summed E-state index contributed by atoms with van der Waals surface area (Å²) in [5.74, 6) is 0.311. The third-order valence-electron chi connectivity index (χ3n) is 7.03. The molecular weight excluding hydrogens is 510 g/mol. The van der Waals surface area contributed by atoms with E-state index in [0.717, 1.165) is 34.5 Å². The highest BCUT2D eigenvalue weighted by Crippen LogP contribution is 2.33. The number of nitrogens with one attached hydrogen (secondary N) is 1. The van der Waals surface area contributed by atoms with E-state index in [0.29, 0.717) is 36.6 Å². The third kappa shape index (κ3) is 6.35. The molecular formula is C31H31N3O4S. The summed E-state index contributed by atoms with van der Waals surface area (Å²) in [6.45, 7) is 1.11. The second kappa shape index (κ2) is 12.2. The van der Waals surface area contributed by atoms with Crippen LogP contribution in [0.15, 0.2) is 84.2 Å². The van der Waals surface area contributed by atoms with Crippen LogP contribution < -0.4 is 10.1 Å². The van der Waals surface area contributed by atoms with Crippen LogP contribution in [0, 0.1) is 0 Å². The molecule has 3 aromatic carbocycles. The smallest absolute Gasteiger partial charge is 0.275 e. The number of anilines is 1. The molecule has 1 atom stereocenters. The molecule has 1 aliphatic heterocycles. The Morgan fingerprint density at radius 3 is 2.44 bits per heavy atom. The second-order valence-electron chi connectivity index (χ2n) is 9.61. The number of aliphatic hydroxyl groups excluding tert-OH is 1. The average molecular weight is 542 g/mol. The predicted octanol–water partition coefficient (Wildman–Crippen LogP) is 5.38. The molecule has 4 aromatic rings. The molecule has 0 bridgehead atoms. The van der Waals surface area contributed by atoms with Gasteiger partial charge in [-0.1, -0.05) is 60.7 Å². The number of carbonyl (C=O) groups excluding carboxylic acids is 2. The maximum absolute atomic E-state index is 13.2. The van der Waals surface area contributed by atoms with Crippen molar-refractivity contribution in [2.45, 2.75) is 31.3 Å². The molecule has 0 aliphatic carbocycles. The number of likely N-dealkylation sites (tertiary alicyclic amines) is 1. The molecule has 7 nitrogen and oxygen atoms in total. The molecule has 0 radical (unpaired) electrons. The number of hydrogen-bond acceptors (Lipinski definition) is 6. The minimum absolute atomic E-state index is 0.170. The van der Waals surface area contributed by atoms with Crippen molar-refractivity contribution < 1.29 is 19.4 Å². The van der Waals surface area contributed by atoms with Crippen molar-refractivity contribution >= 4 is 28.8 Å².